The number of nitrogens with one attached hydrogen (secondary N) is 2. The molecule has 0 aliphatic carbocycles. The number of aromatic hydroxyl groups is 1. The molecule has 2 atom stereocenters. The fraction of sp³-hybridized carbons (Fsp3) is 0.464. The molecule has 2 rings (SSSR count). The SMILES string of the molecule is CC(C)CC(NC(=O)OC(C)(C)C)C(=O)N(CCO)C(C(=O)NCc1ccccc1)c1ccc(O)cc1. The number of nitrogens with zero attached hydrogens (tertiary/aromatic N) is 1. The van der Waals surface area contributed by atoms with Gasteiger partial charge in [0.15, 0.2) is 0 Å². The topological polar surface area (TPSA) is 128 Å². The van der Waals surface area contributed by atoms with Crippen LogP contribution in [0.2, 0.25) is 0 Å². The fourth-order valence-electron chi connectivity index (χ4n) is 3.83. The molecule has 0 radical (unpaired) electrons. The molecular weight excluding hydrogens is 474 g/mol. The molecule has 4 N–H and O–H groups in total. The second kappa shape index (κ2) is 13.6. The van der Waals surface area contributed by atoms with E-state index in [9.17, 15) is 24.6 Å². The number of phenols is 1. The Labute approximate surface area is 218 Å². The maximum absolute atomic E-state index is 13.8. The summed E-state index contributed by atoms with van der Waals surface area (Å²) < 4.78 is 5.36. The van der Waals surface area contributed by atoms with Crippen molar-refractivity contribution in [2.75, 3.05) is 13.2 Å². The van der Waals surface area contributed by atoms with Crippen LogP contribution in [0.25, 0.3) is 0 Å². The lowest BCUT2D eigenvalue weighted by Crippen LogP contribution is -2.54. The number of hydrogen-bond acceptors (Lipinski definition) is 6. The molecule has 0 fully saturated rings. The summed E-state index contributed by atoms with van der Waals surface area (Å²) in [5.74, 6) is -0.936. The van der Waals surface area contributed by atoms with Crippen molar-refractivity contribution in [3.63, 3.8) is 0 Å². The molecule has 2 aromatic carbocycles. The zero-order chi connectivity index (χ0) is 27.6. The molecule has 3 amide bonds. The van der Waals surface area contributed by atoms with E-state index in [1.165, 1.54) is 17.0 Å². The van der Waals surface area contributed by atoms with E-state index in [-0.39, 0.29) is 24.8 Å². The Kier molecular flexibility index (Phi) is 10.9. The summed E-state index contributed by atoms with van der Waals surface area (Å²) in [7, 11) is 0. The number of alkyl carbamates (subject to hydrolysis) is 1. The highest BCUT2D eigenvalue weighted by molar-refractivity contribution is 5.92. The molecule has 0 spiro atoms. The number of hydrogen-bond donors (Lipinski definition) is 4. The number of carbonyl (C=O) groups excluding carboxylic acids is 3. The molecule has 37 heavy (non-hydrogen) atoms. The molecule has 0 bridgehead atoms. The van der Waals surface area contributed by atoms with Crippen LogP contribution in [0.5, 0.6) is 5.75 Å². The maximum Gasteiger partial charge on any atom is 0.408 e. The lowest BCUT2D eigenvalue weighted by molar-refractivity contribution is -0.143. The molecule has 0 saturated heterocycles. The first kappa shape index (κ1) is 29.6. The summed E-state index contributed by atoms with van der Waals surface area (Å²) >= 11 is 0. The zero-order valence-corrected chi connectivity index (χ0v) is 22.2. The molecule has 2 unspecified atom stereocenters. The van der Waals surface area contributed by atoms with E-state index >= 15 is 0 Å². The lowest BCUT2D eigenvalue weighted by Gasteiger charge is -2.34. The van der Waals surface area contributed by atoms with Gasteiger partial charge < -0.3 is 30.5 Å². The molecule has 0 heterocycles. The Morgan fingerprint density at radius 1 is 1.00 bits per heavy atom. The molecule has 9 nitrogen and oxygen atoms in total. The maximum atomic E-state index is 13.8. The molecular formula is C28H39N3O6. The number of benzene rings is 2. The van der Waals surface area contributed by atoms with Gasteiger partial charge in [0.05, 0.1) is 6.61 Å². The zero-order valence-electron chi connectivity index (χ0n) is 22.2. The summed E-state index contributed by atoms with van der Waals surface area (Å²) in [6.45, 7) is 8.70. The van der Waals surface area contributed by atoms with Crippen LogP contribution >= 0.6 is 0 Å². The van der Waals surface area contributed by atoms with E-state index in [1.807, 2.05) is 44.2 Å². The van der Waals surface area contributed by atoms with Crippen LogP contribution in [-0.4, -0.2) is 57.8 Å². The van der Waals surface area contributed by atoms with Gasteiger partial charge >= 0.3 is 6.09 Å². The van der Waals surface area contributed by atoms with Crippen LogP contribution in [0.3, 0.4) is 0 Å². The largest absolute Gasteiger partial charge is 0.508 e. The second-order valence-corrected chi connectivity index (χ2v) is 10.3. The third-order valence-electron chi connectivity index (χ3n) is 5.40. The van der Waals surface area contributed by atoms with E-state index in [4.69, 9.17) is 4.74 Å². The van der Waals surface area contributed by atoms with Gasteiger partial charge in [0, 0.05) is 13.1 Å². The highest BCUT2D eigenvalue weighted by atomic mass is 16.6. The fourth-order valence-corrected chi connectivity index (χ4v) is 3.83. The van der Waals surface area contributed by atoms with Crippen LogP contribution in [0, 0.1) is 5.92 Å². The van der Waals surface area contributed by atoms with Crippen molar-refractivity contribution in [2.45, 2.75) is 65.3 Å². The molecule has 2 aromatic rings. The predicted molar refractivity (Wildman–Crippen MR) is 141 cm³/mol. The number of rotatable bonds is 11. The third kappa shape index (κ3) is 9.76. The minimum Gasteiger partial charge on any atom is -0.508 e. The third-order valence-corrected chi connectivity index (χ3v) is 5.40. The molecule has 202 valence electrons. The van der Waals surface area contributed by atoms with Gasteiger partial charge in [0.25, 0.3) is 0 Å². The van der Waals surface area contributed by atoms with Crippen molar-refractivity contribution in [3.8, 4) is 5.75 Å². The number of aliphatic hydroxyl groups is 1. The molecule has 0 aliphatic heterocycles. The molecule has 0 saturated carbocycles. The number of ether oxygens (including phenoxy) is 1. The average Bonchev–Trinajstić information content (AvgIpc) is 2.82. The Hall–Kier alpha value is -3.59. The smallest absolute Gasteiger partial charge is 0.408 e. The lowest BCUT2D eigenvalue weighted by atomic mass is 9.99. The molecule has 0 aromatic heterocycles. The van der Waals surface area contributed by atoms with Gasteiger partial charge in [-0.3, -0.25) is 9.59 Å². The quantitative estimate of drug-likeness (QED) is 0.364. The van der Waals surface area contributed by atoms with E-state index < -0.39 is 42.2 Å². The minimum atomic E-state index is -1.11. The van der Waals surface area contributed by atoms with Crippen LogP contribution in [0.1, 0.15) is 58.2 Å². The van der Waals surface area contributed by atoms with E-state index in [0.717, 1.165) is 5.56 Å². The van der Waals surface area contributed by atoms with E-state index in [0.29, 0.717) is 12.0 Å². The first-order chi connectivity index (χ1) is 17.4. The van der Waals surface area contributed by atoms with Crippen LogP contribution in [0.4, 0.5) is 4.79 Å². The summed E-state index contributed by atoms with van der Waals surface area (Å²) in [5.41, 5.74) is 0.571. The standard InChI is InChI=1S/C28H39N3O6/c1-19(2)17-23(30-27(36)37-28(3,4)5)26(35)31(15-16-32)24(21-11-13-22(33)14-12-21)25(34)29-18-20-9-7-6-8-10-20/h6-14,19,23-24,32-33H,15-18H2,1-5H3,(H,29,34)(H,30,36). The van der Waals surface area contributed by atoms with Gasteiger partial charge in [-0.2, -0.15) is 0 Å². The van der Waals surface area contributed by atoms with Gasteiger partial charge in [-0.25, -0.2) is 4.79 Å². The first-order valence-corrected chi connectivity index (χ1v) is 12.4. The second-order valence-electron chi connectivity index (χ2n) is 10.3. The number of carbonyl (C=O) groups is 3. The Balaban J connectivity index is 2.41. The normalized spacial score (nSPS) is 12.9. The van der Waals surface area contributed by atoms with Crippen molar-refractivity contribution in [1.29, 1.82) is 0 Å². The minimum absolute atomic E-state index is 0.0107. The average molecular weight is 514 g/mol. The highest BCUT2D eigenvalue weighted by Gasteiger charge is 2.36. The van der Waals surface area contributed by atoms with Crippen LogP contribution in [-0.2, 0) is 20.9 Å². The van der Waals surface area contributed by atoms with Crippen molar-refractivity contribution in [1.82, 2.24) is 15.5 Å². The number of aliphatic hydroxyl groups excluding tert-OH is 1. The monoisotopic (exact) mass is 513 g/mol. The van der Waals surface area contributed by atoms with Gasteiger partial charge in [-0.15, -0.1) is 0 Å². The van der Waals surface area contributed by atoms with Crippen LogP contribution in [0.15, 0.2) is 54.6 Å². The van der Waals surface area contributed by atoms with Crippen molar-refractivity contribution in [2.24, 2.45) is 5.92 Å². The summed E-state index contributed by atoms with van der Waals surface area (Å²) in [6.07, 6.45) is -0.446. The van der Waals surface area contributed by atoms with Crippen molar-refractivity contribution < 1.29 is 29.3 Å². The Bertz CT molecular complexity index is 1020. The molecule has 0 aliphatic rings. The summed E-state index contributed by atoms with van der Waals surface area (Å²) in [6, 6.07) is 13.2. The molecule has 9 heteroatoms. The van der Waals surface area contributed by atoms with Crippen molar-refractivity contribution >= 4 is 17.9 Å². The number of amides is 3. The summed E-state index contributed by atoms with van der Waals surface area (Å²) in [5, 5.41) is 25.1. The summed E-state index contributed by atoms with van der Waals surface area (Å²) in [4.78, 5) is 41.2. The number of phenolic OH excluding ortho intramolecular Hbond substituents is 1. The van der Waals surface area contributed by atoms with Crippen molar-refractivity contribution in [3.05, 3.63) is 65.7 Å². The van der Waals surface area contributed by atoms with E-state index in [1.54, 1.807) is 32.9 Å². The van der Waals surface area contributed by atoms with Gasteiger partial charge in [0.2, 0.25) is 11.8 Å². The predicted octanol–water partition coefficient (Wildman–Crippen LogP) is 3.51. The first-order valence-electron chi connectivity index (χ1n) is 12.4. The van der Waals surface area contributed by atoms with E-state index in [2.05, 4.69) is 10.6 Å². The van der Waals surface area contributed by atoms with Gasteiger partial charge in [0.1, 0.15) is 23.4 Å². The Morgan fingerprint density at radius 3 is 2.16 bits per heavy atom. The van der Waals surface area contributed by atoms with Crippen LogP contribution < -0.4 is 10.6 Å². The highest BCUT2D eigenvalue weighted by Crippen LogP contribution is 2.25. The van der Waals surface area contributed by atoms with Gasteiger partial charge in [-0.1, -0.05) is 56.3 Å². The van der Waals surface area contributed by atoms with Gasteiger partial charge in [-0.05, 0) is 56.4 Å². The Morgan fingerprint density at radius 2 is 1.62 bits per heavy atom.